The van der Waals surface area contributed by atoms with Crippen LogP contribution in [0.4, 0.5) is 0 Å². The first-order chi connectivity index (χ1) is 6.13. The van der Waals surface area contributed by atoms with Gasteiger partial charge in [0.2, 0.25) is 0 Å². The zero-order valence-electron chi connectivity index (χ0n) is 9.32. The SMILES string of the molecule is C=CCC(C(=C)CCCC)=C(C)C. The molecule has 0 unspecified atom stereocenters. The van der Waals surface area contributed by atoms with Crippen molar-refractivity contribution in [2.24, 2.45) is 0 Å². The second-order valence-electron chi connectivity index (χ2n) is 3.68. The maximum absolute atomic E-state index is 4.13. The van der Waals surface area contributed by atoms with Crippen molar-refractivity contribution in [2.75, 3.05) is 0 Å². The first-order valence-corrected chi connectivity index (χ1v) is 5.08. The van der Waals surface area contributed by atoms with Crippen molar-refractivity contribution in [3.8, 4) is 0 Å². The average Bonchev–Trinajstić information content (AvgIpc) is 2.09. The molecule has 0 aromatic carbocycles. The Morgan fingerprint density at radius 1 is 1.31 bits per heavy atom. The van der Waals surface area contributed by atoms with E-state index in [-0.39, 0.29) is 0 Å². The van der Waals surface area contributed by atoms with E-state index in [0.717, 1.165) is 12.8 Å². The molecule has 0 radical (unpaired) electrons. The van der Waals surface area contributed by atoms with E-state index in [0.29, 0.717) is 0 Å². The van der Waals surface area contributed by atoms with E-state index in [9.17, 15) is 0 Å². The molecule has 0 amide bonds. The van der Waals surface area contributed by atoms with Gasteiger partial charge >= 0.3 is 0 Å². The zero-order valence-corrected chi connectivity index (χ0v) is 9.32. The number of rotatable bonds is 6. The molecule has 0 atom stereocenters. The molecule has 0 heterocycles. The van der Waals surface area contributed by atoms with Crippen molar-refractivity contribution in [3.05, 3.63) is 36.0 Å². The second-order valence-corrected chi connectivity index (χ2v) is 3.68. The summed E-state index contributed by atoms with van der Waals surface area (Å²) in [6, 6.07) is 0. The third-order valence-corrected chi connectivity index (χ3v) is 2.21. The maximum atomic E-state index is 4.13. The van der Waals surface area contributed by atoms with Crippen LogP contribution >= 0.6 is 0 Å². The van der Waals surface area contributed by atoms with Gasteiger partial charge in [-0.15, -0.1) is 6.58 Å². The molecule has 0 heteroatoms. The van der Waals surface area contributed by atoms with E-state index in [4.69, 9.17) is 0 Å². The van der Waals surface area contributed by atoms with Gasteiger partial charge in [-0.1, -0.05) is 37.1 Å². The van der Waals surface area contributed by atoms with Crippen LogP contribution < -0.4 is 0 Å². The highest BCUT2D eigenvalue weighted by Crippen LogP contribution is 2.21. The molecule has 0 fully saturated rings. The summed E-state index contributed by atoms with van der Waals surface area (Å²) in [5.41, 5.74) is 4.06. The lowest BCUT2D eigenvalue weighted by Crippen LogP contribution is -1.90. The van der Waals surface area contributed by atoms with Crippen LogP contribution in [-0.2, 0) is 0 Å². The molecule has 0 N–H and O–H groups in total. The number of hydrogen-bond donors (Lipinski definition) is 0. The van der Waals surface area contributed by atoms with Gasteiger partial charge in [0.05, 0.1) is 0 Å². The molecular weight excluding hydrogens is 156 g/mol. The minimum Gasteiger partial charge on any atom is -0.103 e. The number of allylic oxidation sites excluding steroid dienone is 4. The second kappa shape index (κ2) is 6.71. The van der Waals surface area contributed by atoms with Gasteiger partial charge in [0.15, 0.2) is 0 Å². The molecule has 0 aliphatic rings. The third kappa shape index (κ3) is 4.72. The fraction of sp³-hybridized carbons (Fsp3) is 0.538. The maximum Gasteiger partial charge on any atom is -0.00983 e. The summed E-state index contributed by atoms with van der Waals surface area (Å²) < 4.78 is 0. The quantitative estimate of drug-likeness (QED) is 0.410. The number of hydrogen-bond acceptors (Lipinski definition) is 0. The molecule has 0 aliphatic carbocycles. The van der Waals surface area contributed by atoms with Crippen LogP contribution in [0.2, 0.25) is 0 Å². The predicted molar refractivity (Wildman–Crippen MR) is 61.9 cm³/mol. The Morgan fingerprint density at radius 2 is 1.92 bits per heavy atom. The Balaban J connectivity index is 4.30. The molecule has 0 aromatic heterocycles. The number of unbranched alkanes of at least 4 members (excludes halogenated alkanes) is 1. The molecule has 0 bridgehead atoms. The van der Waals surface area contributed by atoms with Gasteiger partial charge in [-0.25, -0.2) is 0 Å². The van der Waals surface area contributed by atoms with E-state index in [2.05, 4.69) is 33.9 Å². The predicted octanol–water partition coefficient (Wildman–Crippen LogP) is 4.65. The van der Waals surface area contributed by atoms with Crippen LogP contribution in [0.25, 0.3) is 0 Å². The first kappa shape index (κ1) is 12.2. The van der Waals surface area contributed by atoms with Gasteiger partial charge in [0, 0.05) is 0 Å². The molecule has 0 saturated heterocycles. The highest BCUT2D eigenvalue weighted by atomic mass is 14.1. The molecule has 13 heavy (non-hydrogen) atoms. The van der Waals surface area contributed by atoms with Crippen molar-refractivity contribution in [1.82, 2.24) is 0 Å². The summed E-state index contributed by atoms with van der Waals surface area (Å²) in [7, 11) is 0. The fourth-order valence-corrected chi connectivity index (χ4v) is 1.39. The molecular formula is C13H22. The van der Waals surface area contributed by atoms with Gasteiger partial charge in [-0.2, -0.15) is 0 Å². The van der Waals surface area contributed by atoms with Crippen molar-refractivity contribution in [1.29, 1.82) is 0 Å². The van der Waals surface area contributed by atoms with E-state index >= 15 is 0 Å². The highest BCUT2D eigenvalue weighted by Gasteiger charge is 2.02. The van der Waals surface area contributed by atoms with Gasteiger partial charge in [0.25, 0.3) is 0 Å². The van der Waals surface area contributed by atoms with Crippen molar-refractivity contribution < 1.29 is 0 Å². The molecule has 0 spiro atoms. The van der Waals surface area contributed by atoms with E-state index in [1.807, 2.05) is 6.08 Å². The summed E-state index contributed by atoms with van der Waals surface area (Å²) >= 11 is 0. The summed E-state index contributed by atoms with van der Waals surface area (Å²) in [5, 5.41) is 0. The summed E-state index contributed by atoms with van der Waals surface area (Å²) in [6.07, 6.45) is 6.53. The Labute approximate surface area is 83.0 Å². The smallest absolute Gasteiger partial charge is 0.00983 e. The molecule has 0 saturated carbocycles. The Bertz CT molecular complexity index is 202. The lowest BCUT2D eigenvalue weighted by Gasteiger charge is -2.10. The Hall–Kier alpha value is -0.780. The molecule has 0 rings (SSSR count). The topological polar surface area (TPSA) is 0 Å². The van der Waals surface area contributed by atoms with E-state index < -0.39 is 0 Å². The van der Waals surface area contributed by atoms with Gasteiger partial charge in [-0.05, 0) is 38.7 Å². The first-order valence-electron chi connectivity index (χ1n) is 5.08. The van der Waals surface area contributed by atoms with Gasteiger partial charge < -0.3 is 0 Å². The minimum atomic E-state index is 0.963. The van der Waals surface area contributed by atoms with Gasteiger partial charge in [-0.3, -0.25) is 0 Å². The summed E-state index contributed by atoms with van der Waals surface area (Å²) in [6.45, 7) is 14.4. The Kier molecular flexibility index (Phi) is 6.30. The average molecular weight is 178 g/mol. The largest absolute Gasteiger partial charge is 0.103 e. The van der Waals surface area contributed by atoms with Crippen LogP contribution in [0.3, 0.4) is 0 Å². The van der Waals surface area contributed by atoms with E-state index in [1.165, 1.54) is 29.6 Å². The Morgan fingerprint density at radius 3 is 2.31 bits per heavy atom. The molecule has 0 aromatic rings. The van der Waals surface area contributed by atoms with Crippen LogP contribution in [-0.4, -0.2) is 0 Å². The van der Waals surface area contributed by atoms with Crippen LogP contribution in [0.5, 0.6) is 0 Å². The summed E-state index contributed by atoms with van der Waals surface area (Å²) in [4.78, 5) is 0. The highest BCUT2D eigenvalue weighted by molar-refractivity contribution is 5.33. The van der Waals surface area contributed by atoms with Crippen LogP contribution in [0.1, 0.15) is 46.5 Å². The monoisotopic (exact) mass is 178 g/mol. The minimum absolute atomic E-state index is 0.963. The van der Waals surface area contributed by atoms with Crippen LogP contribution in [0, 0.1) is 0 Å². The van der Waals surface area contributed by atoms with Crippen molar-refractivity contribution in [3.63, 3.8) is 0 Å². The normalized spacial score (nSPS) is 9.46. The summed E-state index contributed by atoms with van der Waals surface area (Å²) in [5.74, 6) is 0. The third-order valence-electron chi connectivity index (χ3n) is 2.21. The van der Waals surface area contributed by atoms with Crippen molar-refractivity contribution in [2.45, 2.75) is 46.5 Å². The van der Waals surface area contributed by atoms with E-state index in [1.54, 1.807) is 0 Å². The molecule has 0 nitrogen and oxygen atoms in total. The van der Waals surface area contributed by atoms with Crippen LogP contribution in [0.15, 0.2) is 36.0 Å². The lowest BCUT2D eigenvalue weighted by atomic mass is 9.96. The standard InChI is InChI=1S/C13H22/c1-6-8-10-12(5)13(9-7-2)11(3)4/h7H,2,5-6,8-10H2,1,3-4H3. The zero-order chi connectivity index (χ0) is 10.3. The molecule has 0 aliphatic heterocycles. The fourth-order valence-electron chi connectivity index (χ4n) is 1.39. The molecule has 74 valence electrons. The lowest BCUT2D eigenvalue weighted by molar-refractivity contribution is 0.788. The van der Waals surface area contributed by atoms with Gasteiger partial charge in [0.1, 0.15) is 0 Å². The van der Waals surface area contributed by atoms with Crippen molar-refractivity contribution >= 4 is 0 Å².